The summed E-state index contributed by atoms with van der Waals surface area (Å²) < 4.78 is 12.3. The molecule has 1 amide bonds. The lowest BCUT2D eigenvalue weighted by Gasteiger charge is -2.36. The maximum Gasteiger partial charge on any atom is 0.230 e. The molecule has 0 saturated carbocycles. The second-order valence-electron chi connectivity index (χ2n) is 6.57. The van der Waals surface area contributed by atoms with Crippen molar-refractivity contribution in [2.45, 2.75) is 25.2 Å². The zero-order chi connectivity index (χ0) is 18.4. The molecule has 1 heterocycles. The standard InChI is InChI=1S/C21H24BrNO3/c1-16-4-2-3-5-19(16)26-15-12-23-20(24)21(10-13-25-14-11-21)17-6-8-18(22)9-7-17/h2-9H,10-15H2,1H3,(H,23,24). The van der Waals surface area contributed by atoms with E-state index in [2.05, 4.69) is 21.2 Å². The van der Waals surface area contributed by atoms with E-state index in [0.29, 0.717) is 39.2 Å². The van der Waals surface area contributed by atoms with Gasteiger partial charge < -0.3 is 14.8 Å². The van der Waals surface area contributed by atoms with Crippen LogP contribution in [0, 0.1) is 6.92 Å². The van der Waals surface area contributed by atoms with Crippen molar-refractivity contribution >= 4 is 21.8 Å². The van der Waals surface area contributed by atoms with Gasteiger partial charge in [-0.3, -0.25) is 4.79 Å². The van der Waals surface area contributed by atoms with Gasteiger partial charge in [-0.25, -0.2) is 0 Å². The highest BCUT2D eigenvalue weighted by atomic mass is 79.9. The summed E-state index contributed by atoms with van der Waals surface area (Å²) in [5, 5.41) is 3.06. The highest BCUT2D eigenvalue weighted by Crippen LogP contribution is 2.35. The van der Waals surface area contributed by atoms with Crippen LogP contribution in [0.25, 0.3) is 0 Å². The molecule has 0 atom stereocenters. The minimum atomic E-state index is -0.526. The summed E-state index contributed by atoms with van der Waals surface area (Å²) in [6, 6.07) is 15.9. The Morgan fingerprint density at radius 2 is 1.85 bits per heavy atom. The van der Waals surface area contributed by atoms with Gasteiger partial charge in [0.05, 0.1) is 12.0 Å². The van der Waals surface area contributed by atoms with Crippen molar-refractivity contribution in [2.24, 2.45) is 0 Å². The van der Waals surface area contributed by atoms with Crippen LogP contribution in [0.5, 0.6) is 5.75 Å². The van der Waals surface area contributed by atoms with Crippen LogP contribution < -0.4 is 10.1 Å². The molecule has 3 rings (SSSR count). The number of aryl methyl sites for hydroxylation is 1. The van der Waals surface area contributed by atoms with Gasteiger partial charge in [0.1, 0.15) is 12.4 Å². The van der Waals surface area contributed by atoms with Gasteiger partial charge in [-0.1, -0.05) is 46.3 Å². The SMILES string of the molecule is Cc1ccccc1OCCNC(=O)C1(c2ccc(Br)cc2)CCOCC1. The van der Waals surface area contributed by atoms with E-state index in [1.807, 2.05) is 55.5 Å². The summed E-state index contributed by atoms with van der Waals surface area (Å²) in [5.74, 6) is 0.909. The van der Waals surface area contributed by atoms with Gasteiger partial charge in [0.15, 0.2) is 0 Å². The molecular weight excluding hydrogens is 394 g/mol. The van der Waals surface area contributed by atoms with Crippen LogP contribution in [0.2, 0.25) is 0 Å². The van der Waals surface area contributed by atoms with E-state index >= 15 is 0 Å². The van der Waals surface area contributed by atoms with E-state index in [0.717, 1.165) is 21.3 Å². The lowest BCUT2D eigenvalue weighted by Crippen LogP contribution is -2.48. The molecule has 1 saturated heterocycles. The maximum atomic E-state index is 13.0. The molecule has 0 radical (unpaired) electrons. The van der Waals surface area contributed by atoms with Crippen molar-refractivity contribution in [1.29, 1.82) is 0 Å². The second kappa shape index (κ2) is 8.69. The Morgan fingerprint density at radius 1 is 1.15 bits per heavy atom. The molecule has 1 aliphatic rings. The average molecular weight is 418 g/mol. The predicted octanol–water partition coefficient (Wildman–Crippen LogP) is 4.00. The van der Waals surface area contributed by atoms with Crippen molar-refractivity contribution < 1.29 is 14.3 Å². The highest BCUT2D eigenvalue weighted by molar-refractivity contribution is 9.10. The second-order valence-corrected chi connectivity index (χ2v) is 7.49. The molecule has 4 nitrogen and oxygen atoms in total. The Hall–Kier alpha value is -1.85. The van der Waals surface area contributed by atoms with Crippen LogP contribution in [-0.2, 0) is 14.9 Å². The zero-order valence-corrected chi connectivity index (χ0v) is 16.6. The van der Waals surface area contributed by atoms with E-state index in [1.165, 1.54) is 0 Å². The Bertz CT molecular complexity index is 739. The van der Waals surface area contributed by atoms with Gasteiger partial charge in [-0.2, -0.15) is 0 Å². The molecule has 2 aromatic carbocycles. The molecule has 0 spiro atoms. The Kier molecular flexibility index (Phi) is 6.33. The fraction of sp³-hybridized carbons (Fsp3) is 0.381. The van der Waals surface area contributed by atoms with Gasteiger partial charge in [-0.05, 0) is 49.1 Å². The monoisotopic (exact) mass is 417 g/mol. The summed E-state index contributed by atoms with van der Waals surface area (Å²) in [5.41, 5.74) is 1.61. The third-order valence-corrected chi connectivity index (χ3v) is 5.45. The van der Waals surface area contributed by atoms with Crippen LogP contribution >= 0.6 is 15.9 Å². The summed E-state index contributed by atoms with van der Waals surface area (Å²) in [4.78, 5) is 13.0. The first-order valence-corrected chi connectivity index (χ1v) is 9.72. The van der Waals surface area contributed by atoms with E-state index in [9.17, 15) is 4.79 Å². The topological polar surface area (TPSA) is 47.6 Å². The van der Waals surface area contributed by atoms with Crippen LogP contribution in [0.3, 0.4) is 0 Å². The molecule has 138 valence electrons. The lowest BCUT2D eigenvalue weighted by molar-refractivity contribution is -0.130. The number of benzene rings is 2. The fourth-order valence-electron chi connectivity index (χ4n) is 3.35. The highest BCUT2D eigenvalue weighted by Gasteiger charge is 2.41. The molecule has 5 heteroatoms. The third kappa shape index (κ3) is 4.27. The first-order chi connectivity index (χ1) is 12.6. The smallest absolute Gasteiger partial charge is 0.230 e. The molecule has 2 aromatic rings. The van der Waals surface area contributed by atoms with E-state index in [4.69, 9.17) is 9.47 Å². The number of para-hydroxylation sites is 1. The summed E-state index contributed by atoms with van der Waals surface area (Å²) in [6.45, 7) is 4.14. The quantitative estimate of drug-likeness (QED) is 0.722. The number of hydrogen-bond acceptors (Lipinski definition) is 3. The number of nitrogens with one attached hydrogen (secondary N) is 1. The number of amides is 1. The average Bonchev–Trinajstić information content (AvgIpc) is 2.67. The van der Waals surface area contributed by atoms with E-state index in [-0.39, 0.29) is 5.91 Å². The summed E-state index contributed by atoms with van der Waals surface area (Å²) >= 11 is 3.46. The van der Waals surface area contributed by atoms with Gasteiger partial charge >= 0.3 is 0 Å². The largest absolute Gasteiger partial charge is 0.491 e. The van der Waals surface area contributed by atoms with Crippen LogP contribution in [0.15, 0.2) is 53.0 Å². The van der Waals surface area contributed by atoms with Crippen LogP contribution in [-0.4, -0.2) is 32.3 Å². The maximum absolute atomic E-state index is 13.0. The number of ether oxygens (including phenoxy) is 2. The minimum Gasteiger partial charge on any atom is -0.491 e. The molecule has 0 bridgehead atoms. The minimum absolute atomic E-state index is 0.0523. The van der Waals surface area contributed by atoms with Crippen molar-refractivity contribution in [3.8, 4) is 5.75 Å². The first kappa shape index (κ1) is 18.9. The molecule has 1 fully saturated rings. The van der Waals surface area contributed by atoms with Gasteiger partial charge in [0, 0.05) is 17.7 Å². The van der Waals surface area contributed by atoms with Gasteiger partial charge in [-0.15, -0.1) is 0 Å². The number of carbonyl (C=O) groups excluding carboxylic acids is 1. The fourth-order valence-corrected chi connectivity index (χ4v) is 3.61. The van der Waals surface area contributed by atoms with Crippen molar-refractivity contribution in [1.82, 2.24) is 5.32 Å². The van der Waals surface area contributed by atoms with Gasteiger partial charge in [0.2, 0.25) is 5.91 Å². The van der Waals surface area contributed by atoms with Crippen LogP contribution in [0.4, 0.5) is 0 Å². The number of carbonyl (C=O) groups is 1. The van der Waals surface area contributed by atoms with E-state index < -0.39 is 5.41 Å². The first-order valence-electron chi connectivity index (χ1n) is 8.92. The molecule has 26 heavy (non-hydrogen) atoms. The number of rotatable bonds is 6. The molecular formula is C21H24BrNO3. The van der Waals surface area contributed by atoms with Crippen LogP contribution in [0.1, 0.15) is 24.0 Å². The lowest BCUT2D eigenvalue weighted by atomic mass is 9.73. The summed E-state index contributed by atoms with van der Waals surface area (Å²) in [6.07, 6.45) is 1.39. The molecule has 0 unspecified atom stereocenters. The molecule has 1 aliphatic heterocycles. The number of hydrogen-bond donors (Lipinski definition) is 1. The van der Waals surface area contributed by atoms with E-state index in [1.54, 1.807) is 0 Å². The molecule has 1 N–H and O–H groups in total. The Morgan fingerprint density at radius 3 is 2.54 bits per heavy atom. The zero-order valence-electron chi connectivity index (χ0n) is 15.0. The van der Waals surface area contributed by atoms with Crippen molar-refractivity contribution in [3.63, 3.8) is 0 Å². The molecule has 0 aromatic heterocycles. The Balaban J connectivity index is 1.63. The van der Waals surface area contributed by atoms with Crippen molar-refractivity contribution in [2.75, 3.05) is 26.4 Å². The van der Waals surface area contributed by atoms with Crippen molar-refractivity contribution in [3.05, 3.63) is 64.1 Å². The Labute approximate surface area is 163 Å². The predicted molar refractivity (Wildman–Crippen MR) is 106 cm³/mol. The third-order valence-electron chi connectivity index (χ3n) is 4.92. The summed E-state index contributed by atoms with van der Waals surface area (Å²) in [7, 11) is 0. The normalized spacial score (nSPS) is 16.1. The molecule has 0 aliphatic carbocycles. The van der Waals surface area contributed by atoms with Gasteiger partial charge in [0.25, 0.3) is 0 Å². The number of halogens is 1.